The number of nitrogens with one attached hydrogen (secondary N) is 1. The Morgan fingerprint density at radius 2 is 1.96 bits per heavy atom. The summed E-state index contributed by atoms with van der Waals surface area (Å²) in [6, 6.07) is 12.0. The van der Waals surface area contributed by atoms with E-state index in [0.717, 1.165) is 29.8 Å². The van der Waals surface area contributed by atoms with Crippen LogP contribution in [0.5, 0.6) is 0 Å². The molecule has 0 bridgehead atoms. The van der Waals surface area contributed by atoms with Gasteiger partial charge in [-0.05, 0) is 31.9 Å². The van der Waals surface area contributed by atoms with Crippen LogP contribution in [0.1, 0.15) is 48.6 Å². The maximum atomic E-state index is 12.5. The fourth-order valence-electron chi connectivity index (χ4n) is 2.97. The molecule has 25 heavy (non-hydrogen) atoms. The monoisotopic (exact) mass is 337 g/mol. The number of amides is 1. The van der Waals surface area contributed by atoms with Crippen molar-refractivity contribution < 1.29 is 4.79 Å². The first-order chi connectivity index (χ1) is 12.1. The highest BCUT2D eigenvalue weighted by atomic mass is 16.1. The minimum Gasteiger partial charge on any atom is -0.349 e. The van der Waals surface area contributed by atoms with E-state index in [-0.39, 0.29) is 18.4 Å². The minimum absolute atomic E-state index is 0.0119. The molecule has 0 fully saturated rings. The Bertz CT molecular complexity index is 872. The maximum absolute atomic E-state index is 12.5. The molecule has 3 aromatic rings. The van der Waals surface area contributed by atoms with Gasteiger partial charge in [-0.3, -0.25) is 4.79 Å². The summed E-state index contributed by atoms with van der Waals surface area (Å²) in [6.45, 7) is 5.98. The van der Waals surface area contributed by atoms with Crippen molar-refractivity contribution in [2.75, 3.05) is 0 Å². The van der Waals surface area contributed by atoms with Crippen molar-refractivity contribution in [1.29, 1.82) is 0 Å². The fourth-order valence-corrected chi connectivity index (χ4v) is 2.97. The molecule has 0 aliphatic heterocycles. The van der Waals surface area contributed by atoms with Gasteiger partial charge in [0.1, 0.15) is 0 Å². The molecule has 2 heterocycles. The zero-order valence-electron chi connectivity index (χ0n) is 14.9. The van der Waals surface area contributed by atoms with Gasteiger partial charge in [-0.15, -0.1) is 5.10 Å². The van der Waals surface area contributed by atoms with E-state index in [2.05, 4.69) is 27.3 Å². The number of hydrogen-bond donors (Lipinski definition) is 1. The fraction of sp³-hybridized carbons (Fsp3) is 0.368. The molecule has 1 amide bonds. The molecule has 3 rings (SSSR count). The van der Waals surface area contributed by atoms with Crippen molar-refractivity contribution in [3.63, 3.8) is 0 Å². The number of fused-ring (bicyclic) bond motifs is 1. The second kappa shape index (κ2) is 7.42. The van der Waals surface area contributed by atoms with E-state index in [1.54, 1.807) is 4.52 Å². The summed E-state index contributed by atoms with van der Waals surface area (Å²) in [5, 5.41) is 7.51. The molecule has 0 aliphatic rings. The van der Waals surface area contributed by atoms with Gasteiger partial charge in [0.2, 0.25) is 5.91 Å². The molecule has 1 aromatic carbocycles. The van der Waals surface area contributed by atoms with Crippen molar-refractivity contribution in [2.45, 2.75) is 46.1 Å². The Kier molecular flexibility index (Phi) is 5.07. The number of benzene rings is 1. The number of aryl methyl sites for hydroxylation is 2. The summed E-state index contributed by atoms with van der Waals surface area (Å²) in [6.07, 6.45) is 2.04. The van der Waals surface area contributed by atoms with Crippen LogP contribution in [0.2, 0.25) is 0 Å². The highest BCUT2D eigenvalue weighted by Crippen LogP contribution is 2.18. The van der Waals surface area contributed by atoms with Gasteiger partial charge in [0, 0.05) is 11.4 Å². The Hall–Kier alpha value is -2.76. The summed E-state index contributed by atoms with van der Waals surface area (Å²) in [4.78, 5) is 21.2. The summed E-state index contributed by atoms with van der Waals surface area (Å²) in [5.41, 5.74) is 2.96. The number of nitrogens with zero attached hydrogens (tertiary/aromatic N) is 4. The van der Waals surface area contributed by atoms with Crippen LogP contribution >= 0.6 is 0 Å². The Balaban J connectivity index is 1.74. The highest BCUT2D eigenvalue weighted by molar-refractivity contribution is 5.78. The lowest BCUT2D eigenvalue weighted by Gasteiger charge is -2.18. The molecular weight excluding hydrogens is 314 g/mol. The Morgan fingerprint density at radius 1 is 1.20 bits per heavy atom. The van der Waals surface area contributed by atoms with Gasteiger partial charge in [-0.1, -0.05) is 43.7 Å². The van der Waals surface area contributed by atoms with Gasteiger partial charge < -0.3 is 5.32 Å². The van der Waals surface area contributed by atoms with Crippen LogP contribution < -0.4 is 5.32 Å². The van der Waals surface area contributed by atoms with E-state index in [1.165, 1.54) is 0 Å². The summed E-state index contributed by atoms with van der Waals surface area (Å²) in [7, 11) is 0. The van der Waals surface area contributed by atoms with Gasteiger partial charge in [0.15, 0.2) is 5.82 Å². The van der Waals surface area contributed by atoms with E-state index in [9.17, 15) is 4.79 Å². The number of carbonyl (C=O) groups excluding carboxylic acids is 1. The van der Waals surface area contributed by atoms with Gasteiger partial charge in [-0.2, -0.15) is 4.98 Å². The molecule has 0 aliphatic carbocycles. The third-order valence-corrected chi connectivity index (χ3v) is 4.10. The predicted molar refractivity (Wildman–Crippen MR) is 96.2 cm³/mol. The van der Waals surface area contributed by atoms with E-state index in [1.807, 2.05) is 50.2 Å². The Labute approximate surface area is 147 Å². The second-order valence-corrected chi connectivity index (χ2v) is 6.27. The standard InChI is InChI=1S/C19H23N5O/c1-4-8-16(15-9-6-5-7-10-15)21-18(25)12-17-22-19-20-13(2)11-14(3)24(19)23-17/h5-7,9-11,16H,4,8,12H2,1-3H3,(H,21,25)/t16-/m0/s1. The number of carbonyl (C=O) groups is 1. The molecule has 0 unspecified atom stereocenters. The summed E-state index contributed by atoms with van der Waals surface area (Å²) in [5.74, 6) is 0.947. The lowest BCUT2D eigenvalue weighted by atomic mass is 10.0. The summed E-state index contributed by atoms with van der Waals surface area (Å²) >= 11 is 0. The molecule has 0 radical (unpaired) electrons. The average Bonchev–Trinajstić information content (AvgIpc) is 2.97. The van der Waals surface area contributed by atoms with Crippen LogP contribution in [0.25, 0.3) is 5.78 Å². The smallest absolute Gasteiger partial charge is 0.252 e. The largest absolute Gasteiger partial charge is 0.349 e. The van der Waals surface area contributed by atoms with Crippen molar-refractivity contribution in [1.82, 2.24) is 24.9 Å². The quantitative estimate of drug-likeness (QED) is 0.750. The average molecular weight is 337 g/mol. The maximum Gasteiger partial charge on any atom is 0.252 e. The summed E-state index contributed by atoms with van der Waals surface area (Å²) < 4.78 is 1.68. The van der Waals surface area contributed by atoms with Crippen molar-refractivity contribution >= 4 is 11.7 Å². The van der Waals surface area contributed by atoms with Gasteiger partial charge >= 0.3 is 0 Å². The number of aromatic nitrogens is 4. The van der Waals surface area contributed by atoms with Crippen LogP contribution in [0.15, 0.2) is 36.4 Å². The molecular formula is C19H23N5O. The second-order valence-electron chi connectivity index (χ2n) is 6.27. The van der Waals surface area contributed by atoms with Gasteiger partial charge in [0.05, 0.1) is 12.5 Å². The molecule has 1 atom stereocenters. The topological polar surface area (TPSA) is 72.2 Å². The van der Waals surface area contributed by atoms with E-state index < -0.39 is 0 Å². The lowest BCUT2D eigenvalue weighted by molar-refractivity contribution is -0.121. The first-order valence-corrected chi connectivity index (χ1v) is 8.61. The normalized spacial score (nSPS) is 12.3. The van der Waals surface area contributed by atoms with Crippen LogP contribution in [0.3, 0.4) is 0 Å². The first-order valence-electron chi connectivity index (χ1n) is 8.61. The third-order valence-electron chi connectivity index (χ3n) is 4.10. The zero-order chi connectivity index (χ0) is 17.8. The molecule has 2 aromatic heterocycles. The first kappa shape index (κ1) is 17.1. The highest BCUT2D eigenvalue weighted by Gasteiger charge is 2.16. The Morgan fingerprint density at radius 3 is 2.68 bits per heavy atom. The lowest BCUT2D eigenvalue weighted by Crippen LogP contribution is -2.30. The van der Waals surface area contributed by atoms with E-state index >= 15 is 0 Å². The van der Waals surface area contributed by atoms with Crippen molar-refractivity contribution in [3.05, 3.63) is 59.2 Å². The van der Waals surface area contributed by atoms with Crippen LogP contribution in [-0.4, -0.2) is 25.5 Å². The molecule has 0 saturated carbocycles. The van der Waals surface area contributed by atoms with Crippen molar-refractivity contribution in [3.8, 4) is 0 Å². The van der Waals surface area contributed by atoms with Crippen LogP contribution in [-0.2, 0) is 11.2 Å². The SMILES string of the molecule is CCC[C@H](NC(=O)Cc1nc2nc(C)cc(C)n2n1)c1ccccc1. The molecule has 6 nitrogen and oxygen atoms in total. The van der Waals surface area contributed by atoms with Crippen LogP contribution in [0, 0.1) is 13.8 Å². The van der Waals surface area contributed by atoms with Crippen LogP contribution in [0.4, 0.5) is 0 Å². The van der Waals surface area contributed by atoms with Crippen molar-refractivity contribution in [2.24, 2.45) is 0 Å². The molecule has 130 valence electrons. The predicted octanol–water partition coefficient (Wildman–Crippen LogP) is 2.94. The number of hydrogen-bond acceptors (Lipinski definition) is 4. The third kappa shape index (κ3) is 4.02. The minimum atomic E-state index is -0.0763. The zero-order valence-corrected chi connectivity index (χ0v) is 14.9. The molecule has 1 N–H and O–H groups in total. The number of rotatable bonds is 6. The van der Waals surface area contributed by atoms with E-state index in [4.69, 9.17) is 0 Å². The molecule has 0 spiro atoms. The van der Waals surface area contributed by atoms with Gasteiger partial charge in [0.25, 0.3) is 5.78 Å². The molecule has 0 saturated heterocycles. The van der Waals surface area contributed by atoms with Gasteiger partial charge in [-0.25, -0.2) is 9.50 Å². The van der Waals surface area contributed by atoms with E-state index in [0.29, 0.717) is 11.6 Å². The molecule has 6 heteroatoms.